The highest BCUT2D eigenvalue weighted by Crippen LogP contribution is 2.25. The maximum Gasteiger partial charge on any atom is 0.408 e. The summed E-state index contributed by atoms with van der Waals surface area (Å²) in [5.74, 6) is -1.13. The van der Waals surface area contributed by atoms with Gasteiger partial charge in [0.25, 0.3) is 0 Å². The van der Waals surface area contributed by atoms with E-state index in [0.717, 1.165) is 6.42 Å². The van der Waals surface area contributed by atoms with Crippen molar-refractivity contribution in [1.29, 1.82) is 5.26 Å². The number of benzene rings is 1. The average molecular weight is 375 g/mol. The highest BCUT2D eigenvalue weighted by atomic mass is 19.1. The van der Waals surface area contributed by atoms with Crippen LogP contribution in [0.2, 0.25) is 0 Å². The van der Waals surface area contributed by atoms with Crippen LogP contribution in [0.15, 0.2) is 24.3 Å². The molecule has 0 aliphatic carbocycles. The first-order valence-electron chi connectivity index (χ1n) is 9.07. The molecule has 2 rings (SSSR count). The van der Waals surface area contributed by atoms with Crippen LogP contribution >= 0.6 is 0 Å². The summed E-state index contributed by atoms with van der Waals surface area (Å²) in [6.45, 7) is 7.46. The summed E-state index contributed by atoms with van der Waals surface area (Å²) in [7, 11) is 0. The van der Waals surface area contributed by atoms with Gasteiger partial charge in [0.15, 0.2) is 0 Å². The maximum atomic E-state index is 13.2. The Morgan fingerprint density at radius 3 is 2.52 bits per heavy atom. The molecular formula is C20H26FN3O3. The largest absolute Gasteiger partial charge is 0.444 e. The second-order valence-corrected chi connectivity index (χ2v) is 7.78. The minimum absolute atomic E-state index is 0.332. The second-order valence-electron chi connectivity index (χ2n) is 7.78. The summed E-state index contributed by atoms with van der Waals surface area (Å²) in [5.41, 5.74) is -0.00175. The number of nitrogens with zero attached hydrogens (tertiary/aromatic N) is 2. The summed E-state index contributed by atoms with van der Waals surface area (Å²) in [4.78, 5) is 26.9. The van der Waals surface area contributed by atoms with Gasteiger partial charge in [-0.05, 0) is 51.3 Å². The van der Waals surface area contributed by atoms with Crippen LogP contribution in [-0.4, -0.2) is 41.1 Å². The van der Waals surface area contributed by atoms with Gasteiger partial charge in [-0.1, -0.05) is 19.1 Å². The van der Waals surface area contributed by atoms with Crippen molar-refractivity contribution in [3.05, 3.63) is 35.6 Å². The monoisotopic (exact) mass is 375 g/mol. The number of hydrogen-bond acceptors (Lipinski definition) is 4. The molecule has 0 saturated carbocycles. The van der Waals surface area contributed by atoms with Gasteiger partial charge in [-0.2, -0.15) is 5.26 Å². The average Bonchev–Trinajstić information content (AvgIpc) is 3.06. The molecule has 1 unspecified atom stereocenters. The molecule has 0 bridgehead atoms. The summed E-state index contributed by atoms with van der Waals surface area (Å²) in [6, 6.07) is 6.52. The molecule has 1 heterocycles. The first-order chi connectivity index (χ1) is 12.6. The molecule has 0 spiro atoms. The molecule has 7 heteroatoms. The Labute approximate surface area is 159 Å². The van der Waals surface area contributed by atoms with Crippen molar-refractivity contribution < 1.29 is 18.7 Å². The number of likely N-dealkylation sites (tertiary alicyclic amines) is 1. The first-order valence-corrected chi connectivity index (χ1v) is 9.07. The summed E-state index contributed by atoms with van der Waals surface area (Å²) in [6.07, 6.45) is 0.655. The zero-order chi connectivity index (χ0) is 20.2. The lowest BCUT2D eigenvalue weighted by Crippen LogP contribution is -2.53. The zero-order valence-corrected chi connectivity index (χ0v) is 16.2. The Hall–Kier alpha value is -2.62. The van der Waals surface area contributed by atoms with Gasteiger partial charge in [0.2, 0.25) is 5.91 Å². The van der Waals surface area contributed by atoms with Gasteiger partial charge in [-0.25, -0.2) is 9.18 Å². The van der Waals surface area contributed by atoms with Crippen LogP contribution < -0.4 is 5.32 Å². The van der Waals surface area contributed by atoms with Gasteiger partial charge < -0.3 is 15.0 Å². The fraction of sp³-hybridized carbons (Fsp3) is 0.550. The predicted molar refractivity (Wildman–Crippen MR) is 98.3 cm³/mol. The third-order valence-electron chi connectivity index (χ3n) is 4.52. The molecule has 1 N–H and O–H groups in total. The molecule has 1 fully saturated rings. The molecule has 0 radical (unpaired) electrons. The fourth-order valence-corrected chi connectivity index (χ4v) is 3.14. The van der Waals surface area contributed by atoms with E-state index >= 15 is 0 Å². The minimum Gasteiger partial charge on any atom is -0.444 e. The van der Waals surface area contributed by atoms with Crippen molar-refractivity contribution in [2.45, 2.75) is 64.1 Å². The van der Waals surface area contributed by atoms with E-state index in [1.807, 2.05) is 0 Å². The van der Waals surface area contributed by atoms with Crippen LogP contribution in [0.3, 0.4) is 0 Å². The number of amides is 2. The third kappa shape index (κ3) is 5.43. The lowest BCUT2D eigenvalue weighted by Gasteiger charge is -2.31. The van der Waals surface area contributed by atoms with E-state index in [-0.39, 0.29) is 11.7 Å². The molecule has 1 saturated heterocycles. The molecular weight excluding hydrogens is 349 g/mol. The summed E-state index contributed by atoms with van der Waals surface area (Å²) >= 11 is 0. The fourth-order valence-electron chi connectivity index (χ4n) is 3.14. The van der Waals surface area contributed by atoms with E-state index in [9.17, 15) is 19.2 Å². The van der Waals surface area contributed by atoms with Crippen LogP contribution in [0.4, 0.5) is 9.18 Å². The van der Waals surface area contributed by atoms with E-state index in [2.05, 4.69) is 11.4 Å². The van der Waals surface area contributed by atoms with Crippen molar-refractivity contribution in [3.8, 4) is 6.07 Å². The number of carbonyl (C=O) groups is 2. The third-order valence-corrected chi connectivity index (χ3v) is 4.52. The number of nitrogens with one attached hydrogen (secondary N) is 1. The number of halogens is 1. The lowest BCUT2D eigenvalue weighted by atomic mass is 9.92. The topological polar surface area (TPSA) is 82.4 Å². The smallest absolute Gasteiger partial charge is 0.408 e. The number of hydrogen-bond donors (Lipinski definition) is 1. The number of nitriles is 1. The second kappa shape index (κ2) is 8.38. The highest BCUT2D eigenvalue weighted by Gasteiger charge is 2.37. The number of ether oxygens (including phenoxy) is 1. The van der Waals surface area contributed by atoms with E-state index < -0.39 is 29.7 Å². The van der Waals surface area contributed by atoms with Crippen molar-refractivity contribution in [3.63, 3.8) is 0 Å². The summed E-state index contributed by atoms with van der Waals surface area (Å²) < 4.78 is 18.5. The molecule has 1 aromatic carbocycles. The van der Waals surface area contributed by atoms with Crippen LogP contribution in [0.25, 0.3) is 0 Å². The summed E-state index contributed by atoms with van der Waals surface area (Å²) in [5, 5.41) is 11.9. The van der Waals surface area contributed by atoms with E-state index in [4.69, 9.17) is 4.74 Å². The van der Waals surface area contributed by atoms with Gasteiger partial charge in [0, 0.05) is 12.5 Å². The van der Waals surface area contributed by atoms with Crippen molar-refractivity contribution in [2.24, 2.45) is 0 Å². The van der Waals surface area contributed by atoms with E-state index in [0.29, 0.717) is 18.5 Å². The Morgan fingerprint density at radius 2 is 1.96 bits per heavy atom. The minimum atomic E-state index is -0.917. The Kier molecular flexibility index (Phi) is 6.42. The van der Waals surface area contributed by atoms with Gasteiger partial charge in [0.1, 0.15) is 23.5 Å². The number of rotatable bonds is 4. The van der Waals surface area contributed by atoms with Gasteiger partial charge in [0.05, 0.1) is 6.07 Å². The van der Waals surface area contributed by atoms with E-state index in [1.165, 1.54) is 17.0 Å². The molecule has 1 aromatic rings. The number of alkyl carbamates (subject to hydrolysis) is 1. The first kappa shape index (κ1) is 20.7. The van der Waals surface area contributed by atoms with Crippen LogP contribution in [0, 0.1) is 17.1 Å². The Bertz CT molecular complexity index is 721. The Balaban J connectivity index is 2.27. The number of carbonyl (C=O) groups excluding carboxylic acids is 2. The van der Waals surface area contributed by atoms with Crippen LogP contribution in [0.1, 0.15) is 52.0 Å². The van der Waals surface area contributed by atoms with E-state index in [1.54, 1.807) is 39.8 Å². The van der Waals surface area contributed by atoms with Crippen molar-refractivity contribution in [1.82, 2.24) is 10.2 Å². The quantitative estimate of drug-likeness (QED) is 0.875. The van der Waals surface area contributed by atoms with Crippen LogP contribution in [-0.2, 0) is 9.53 Å². The predicted octanol–water partition coefficient (Wildman–Crippen LogP) is 3.34. The molecule has 146 valence electrons. The van der Waals surface area contributed by atoms with Gasteiger partial charge in [-0.15, -0.1) is 0 Å². The standard InChI is InChI=1S/C20H26FN3O3/c1-13(14-7-9-15(21)10-8-14)17(23-19(26)27-20(2,3)4)18(25)24-11-5-6-16(24)12-22/h7-10,13,16-17H,5-6,11H2,1-4H3,(H,23,26)/t13-,16?,17-/m0/s1. The lowest BCUT2D eigenvalue weighted by molar-refractivity contribution is -0.134. The van der Waals surface area contributed by atoms with Crippen molar-refractivity contribution >= 4 is 12.0 Å². The molecule has 1 aliphatic rings. The molecule has 2 amide bonds. The van der Waals surface area contributed by atoms with Crippen LogP contribution in [0.5, 0.6) is 0 Å². The zero-order valence-electron chi connectivity index (χ0n) is 16.2. The molecule has 27 heavy (non-hydrogen) atoms. The molecule has 0 aromatic heterocycles. The Morgan fingerprint density at radius 1 is 1.33 bits per heavy atom. The molecule has 1 aliphatic heterocycles. The highest BCUT2D eigenvalue weighted by molar-refractivity contribution is 5.87. The van der Waals surface area contributed by atoms with Crippen molar-refractivity contribution in [2.75, 3.05) is 6.54 Å². The molecule has 3 atom stereocenters. The normalized spacial score (nSPS) is 19.1. The molecule has 6 nitrogen and oxygen atoms in total. The van der Waals surface area contributed by atoms with Gasteiger partial charge >= 0.3 is 6.09 Å². The van der Waals surface area contributed by atoms with Gasteiger partial charge in [-0.3, -0.25) is 4.79 Å². The SMILES string of the molecule is C[C@@H](c1ccc(F)cc1)[C@H](NC(=O)OC(C)(C)C)C(=O)N1CCCC1C#N. The maximum absolute atomic E-state index is 13.2.